The average Bonchev–Trinajstić information content (AvgIpc) is 2.47. The summed E-state index contributed by atoms with van der Waals surface area (Å²) in [6.45, 7) is 19.9. The maximum atomic E-state index is 9.88. The van der Waals surface area contributed by atoms with Crippen LogP contribution < -0.4 is 0 Å². The van der Waals surface area contributed by atoms with E-state index in [-0.39, 0.29) is 22.6 Å². The normalized spacial score (nSPS) is 33.1. The molecular weight excluding hydrogens is 476 g/mol. The van der Waals surface area contributed by atoms with Crippen LogP contribution >= 0.6 is 31.9 Å². The molecule has 6 atom stereocenters. The Kier molecular flexibility index (Phi) is 9.37. The van der Waals surface area contributed by atoms with Gasteiger partial charge in [0, 0.05) is 4.83 Å². The molecule has 0 spiro atoms. The molecule has 26 heavy (non-hydrogen) atoms. The van der Waals surface area contributed by atoms with Crippen molar-refractivity contribution in [2.75, 3.05) is 0 Å². The maximum Gasteiger partial charge on any atom is 0.200 e. The molecule has 1 fully saturated rings. The van der Waals surface area contributed by atoms with Gasteiger partial charge in [-0.15, -0.1) is 0 Å². The molecule has 1 rings (SSSR count). The lowest BCUT2D eigenvalue weighted by molar-refractivity contribution is -0.0992. The van der Waals surface area contributed by atoms with Crippen LogP contribution in [0.4, 0.5) is 0 Å². The summed E-state index contributed by atoms with van der Waals surface area (Å²) >= 11 is 7.84. The number of aliphatic hydroxyl groups is 1. The van der Waals surface area contributed by atoms with Gasteiger partial charge in [0.2, 0.25) is 8.32 Å². The lowest BCUT2D eigenvalue weighted by Crippen LogP contribution is -2.60. The minimum Gasteiger partial charge on any atom is -0.412 e. The molecule has 0 amide bonds. The van der Waals surface area contributed by atoms with E-state index in [2.05, 4.69) is 80.3 Å². The Morgan fingerprint density at radius 1 is 0.923 bits per heavy atom. The van der Waals surface area contributed by atoms with Crippen molar-refractivity contribution in [3.8, 4) is 0 Å². The summed E-state index contributed by atoms with van der Waals surface area (Å²) < 4.78 is 13.1. The number of hydrogen-bond donors (Lipinski definition) is 1. The van der Waals surface area contributed by atoms with Crippen LogP contribution in [0.15, 0.2) is 0 Å². The molecule has 0 radical (unpaired) electrons. The third-order valence-electron chi connectivity index (χ3n) is 6.31. The van der Waals surface area contributed by atoms with Crippen LogP contribution in [0.25, 0.3) is 0 Å². The Morgan fingerprint density at radius 2 is 1.35 bits per heavy atom. The van der Waals surface area contributed by atoms with Gasteiger partial charge < -0.3 is 14.3 Å². The van der Waals surface area contributed by atoms with E-state index in [1.54, 1.807) is 6.92 Å². The summed E-state index contributed by atoms with van der Waals surface area (Å²) in [7, 11) is -1.98. The first kappa shape index (κ1) is 25.1. The van der Waals surface area contributed by atoms with E-state index < -0.39 is 14.4 Å². The summed E-state index contributed by atoms with van der Waals surface area (Å²) in [4.78, 5) is 0.363. The van der Waals surface area contributed by atoms with Crippen molar-refractivity contribution in [1.82, 2.24) is 0 Å². The Hall–Kier alpha value is 1.06. The van der Waals surface area contributed by atoms with Crippen LogP contribution in [0.2, 0.25) is 16.6 Å². The molecule has 0 aromatic heterocycles. The molecular formula is C20H40Br2O3Si. The smallest absolute Gasteiger partial charge is 0.200 e. The van der Waals surface area contributed by atoms with E-state index in [9.17, 15) is 5.11 Å². The molecule has 0 aliphatic heterocycles. The third-order valence-corrected chi connectivity index (χ3v) is 14.2. The van der Waals surface area contributed by atoms with Gasteiger partial charge in [-0.05, 0) is 50.2 Å². The van der Waals surface area contributed by atoms with E-state index >= 15 is 0 Å². The Morgan fingerprint density at radius 3 is 1.73 bits per heavy atom. The van der Waals surface area contributed by atoms with Gasteiger partial charge in [0.25, 0.3) is 0 Å². The second-order valence-corrected chi connectivity index (χ2v) is 17.6. The van der Waals surface area contributed by atoms with Crippen molar-refractivity contribution in [2.24, 2.45) is 0 Å². The quantitative estimate of drug-likeness (QED) is 0.299. The molecule has 156 valence electrons. The van der Waals surface area contributed by atoms with Crippen LogP contribution in [-0.4, -0.2) is 47.0 Å². The maximum absolute atomic E-state index is 9.88. The van der Waals surface area contributed by atoms with Gasteiger partial charge in [0.05, 0.1) is 28.7 Å². The topological polar surface area (TPSA) is 38.7 Å². The molecule has 1 unspecified atom stereocenters. The number of hydrogen-bond acceptors (Lipinski definition) is 3. The van der Waals surface area contributed by atoms with Crippen molar-refractivity contribution in [2.45, 2.75) is 125 Å². The standard InChI is InChI=1S/C20H40Br2O3Si/c1-12(2)26(13(3)4,14(5)6)25-19-11-17(21)10-18(20(19,9)22)24-16(8)15(7)23/h12-19,23H,10-11H2,1-9H3/t15-,16+,17-,18-,19-,20?/m1/s1. The van der Waals surface area contributed by atoms with E-state index in [0.29, 0.717) is 21.5 Å². The molecule has 0 bridgehead atoms. The predicted octanol–water partition coefficient (Wildman–Crippen LogP) is 6.41. The van der Waals surface area contributed by atoms with E-state index in [1.165, 1.54) is 0 Å². The summed E-state index contributed by atoms with van der Waals surface area (Å²) in [5.41, 5.74) is 1.66. The van der Waals surface area contributed by atoms with Gasteiger partial charge in [-0.1, -0.05) is 73.4 Å². The highest BCUT2D eigenvalue weighted by atomic mass is 79.9. The van der Waals surface area contributed by atoms with Gasteiger partial charge in [0.15, 0.2) is 0 Å². The first-order valence-corrected chi connectivity index (χ1v) is 14.0. The summed E-state index contributed by atoms with van der Waals surface area (Å²) in [5, 5.41) is 9.88. The van der Waals surface area contributed by atoms with Gasteiger partial charge in [-0.3, -0.25) is 0 Å². The zero-order valence-electron chi connectivity index (χ0n) is 18.1. The fourth-order valence-corrected chi connectivity index (χ4v) is 11.7. The zero-order valence-corrected chi connectivity index (χ0v) is 22.2. The second kappa shape index (κ2) is 9.71. The minimum absolute atomic E-state index is 0.00610. The van der Waals surface area contributed by atoms with Gasteiger partial charge >= 0.3 is 0 Å². The number of rotatable bonds is 8. The van der Waals surface area contributed by atoms with Crippen LogP contribution in [0.3, 0.4) is 0 Å². The monoisotopic (exact) mass is 514 g/mol. The Labute approximate surface area is 179 Å². The van der Waals surface area contributed by atoms with Crippen molar-refractivity contribution >= 4 is 40.2 Å². The minimum atomic E-state index is -1.98. The van der Waals surface area contributed by atoms with Crippen LogP contribution in [0.1, 0.15) is 75.2 Å². The van der Waals surface area contributed by atoms with Gasteiger partial charge in [-0.2, -0.15) is 0 Å². The molecule has 0 aromatic carbocycles. The van der Waals surface area contributed by atoms with Crippen molar-refractivity contribution in [1.29, 1.82) is 0 Å². The predicted molar refractivity (Wildman–Crippen MR) is 121 cm³/mol. The number of alkyl halides is 2. The van der Waals surface area contributed by atoms with Crippen LogP contribution in [0, 0.1) is 0 Å². The molecule has 1 N–H and O–H groups in total. The Balaban J connectivity index is 3.16. The fraction of sp³-hybridized carbons (Fsp3) is 1.00. The first-order chi connectivity index (χ1) is 11.8. The van der Waals surface area contributed by atoms with Crippen molar-refractivity contribution < 1.29 is 14.3 Å². The summed E-state index contributed by atoms with van der Waals surface area (Å²) in [6, 6.07) is 0. The highest BCUT2D eigenvalue weighted by molar-refractivity contribution is 9.10. The lowest BCUT2D eigenvalue weighted by atomic mass is 9.84. The molecule has 1 aliphatic carbocycles. The summed E-state index contributed by atoms with van der Waals surface area (Å²) in [5.74, 6) is 0. The zero-order chi connectivity index (χ0) is 20.4. The number of ether oxygens (including phenoxy) is 1. The van der Waals surface area contributed by atoms with E-state index in [0.717, 1.165) is 12.8 Å². The number of halogens is 2. The van der Waals surface area contributed by atoms with Crippen LogP contribution in [0.5, 0.6) is 0 Å². The summed E-state index contributed by atoms with van der Waals surface area (Å²) in [6.07, 6.45) is 1.30. The van der Waals surface area contributed by atoms with E-state index in [4.69, 9.17) is 9.16 Å². The number of aliphatic hydroxyl groups excluding tert-OH is 1. The van der Waals surface area contributed by atoms with Gasteiger partial charge in [0.1, 0.15) is 0 Å². The molecule has 3 nitrogen and oxygen atoms in total. The van der Waals surface area contributed by atoms with Crippen LogP contribution in [-0.2, 0) is 9.16 Å². The molecule has 0 heterocycles. The molecule has 0 aromatic rings. The Bertz CT molecular complexity index is 419. The SMILES string of the molecule is CC(C)[Si](O[C@@H]1C[C@H](Br)C[C@@H](O[C@@H](C)[C@@H](C)O)C1(C)Br)(C(C)C)C(C)C. The highest BCUT2D eigenvalue weighted by Crippen LogP contribution is 2.49. The molecule has 1 aliphatic rings. The first-order valence-electron chi connectivity index (χ1n) is 10.1. The lowest BCUT2D eigenvalue weighted by Gasteiger charge is -2.52. The van der Waals surface area contributed by atoms with Crippen molar-refractivity contribution in [3.05, 3.63) is 0 Å². The van der Waals surface area contributed by atoms with Gasteiger partial charge in [-0.25, -0.2) is 0 Å². The highest BCUT2D eigenvalue weighted by Gasteiger charge is 2.53. The molecule has 1 saturated carbocycles. The van der Waals surface area contributed by atoms with E-state index in [1.807, 2.05) is 6.92 Å². The third kappa shape index (κ3) is 5.35. The largest absolute Gasteiger partial charge is 0.412 e. The second-order valence-electron chi connectivity index (χ2n) is 9.21. The molecule has 0 saturated heterocycles. The average molecular weight is 516 g/mol. The fourth-order valence-electron chi connectivity index (χ4n) is 4.61. The van der Waals surface area contributed by atoms with Crippen molar-refractivity contribution in [3.63, 3.8) is 0 Å². The molecule has 6 heteroatoms.